The second-order valence-corrected chi connectivity index (χ2v) is 8.43. The Morgan fingerprint density at radius 1 is 0.871 bits per heavy atom. The molecule has 1 fully saturated rings. The molecule has 31 heavy (non-hydrogen) atoms. The van der Waals surface area contributed by atoms with Crippen molar-refractivity contribution in [1.29, 1.82) is 0 Å². The van der Waals surface area contributed by atoms with E-state index in [1.807, 2.05) is 0 Å². The molecule has 170 valence electrons. The summed E-state index contributed by atoms with van der Waals surface area (Å²) < 4.78 is 2.27. The normalized spacial score (nSPS) is 17.4. The summed E-state index contributed by atoms with van der Waals surface area (Å²) in [5.74, 6) is 2.91. The number of hydrogen-bond donors (Lipinski definition) is 2. The maximum atomic E-state index is 4.39. The molecule has 8 heteroatoms. The van der Waals surface area contributed by atoms with E-state index in [9.17, 15) is 0 Å². The predicted molar refractivity (Wildman–Crippen MR) is 136 cm³/mol. The third-order valence-electron chi connectivity index (χ3n) is 6.16. The van der Waals surface area contributed by atoms with E-state index in [0.717, 1.165) is 43.7 Å². The number of halogens is 1. The van der Waals surface area contributed by atoms with Crippen LogP contribution in [0.4, 0.5) is 0 Å². The molecule has 0 atom stereocenters. The molecule has 0 saturated carbocycles. The highest BCUT2D eigenvalue weighted by Gasteiger charge is 2.15. The van der Waals surface area contributed by atoms with Gasteiger partial charge in [0.1, 0.15) is 5.82 Å². The van der Waals surface area contributed by atoms with Crippen molar-refractivity contribution in [2.75, 3.05) is 20.1 Å². The fourth-order valence-corrected chi connectivity index (χ4v) is 4.38. The van der Waals surface area contributed by atoms with Crippen LogP contribution < -0.4 is 10.6 Å². The van der Waals surface area contributed by atoms with Crippen molar-refractivity contribution in [3.63, 3.8) is 0 Å². The Morgan fingerprint density at radius 2 is 1.55 bits per heavy atom. The second-order valence-electron chi connectivity index (χ2n) is 8.43. The van der Waals surface area contributed by atoms with Gasteiger partial charge in [0.2, 0.25) is 0 Å². The first kappa shape index (κ1) is 24.0. The molecule has 2 aliphatic rings. The zero-order valence-electron chi connectivity index (χ0n) is 18.6. The molecule has 1 aromatic heterocycles. The van der Waals surface area contributed by atoms with Crippen LogP contribution in [0.25, 0.3) is 0 Å². The Morgan fingerprint density at radius 3 is 2.32 bits per heavy atom. The number of guanidine groups is 1. The molecule has 0 amide bonds. The fraction of sp³-hybridized carbons (Fsp3) is 0.609. The summed E-state index contributed by atoms with van der Waals surface area (Å²) in [6, 6.07) is 8.95. The smallest absolute Gasteiger partial charge is 0.191 e. The number of nitrogens with zero attached hydrogens (tertiary/aromatic N) is 5. The van der Waals surface area contributed by atoms with Crippen LogP contribution in [-0.2, 0) is 32.6 Å². The molecule has 0 radical (unpaired) electrons. The maximum Gasteiger partial charge on any atom is 0.191 e. The van der Waals surface area contributed by atoms with Crippen molar-refractivity contribution < 1.29 is 0 Å². The summed E-state index contributed by atoms with van der Waals surface area (Å²) in [4.78, 5) is 6.92. The number of rotatable bonds is 6. The van der Waals surface area contributed by atoms with Gasteiger partial charge >= 0.3 is 0 Å². The van der Waals surface area contributed by atoms with Crippen LogP contribution in [0.1, 0.15) is 61.3 Å². The molecule has 4 rings (SSSR count). The summed E-state index contributed by atoms with van der Waals surface area (Å²) in [5, 5.41) is 15.6. The largest absolute Gasteiger partial charge is 0.352 e. The average Bonchev–Trinajstić information content (AvgIpc) is 3.01. The van der Waals surface area contributed by atoms with Crippen molar-refractivity contribution in [2.24, 2.45) is 4.99 Å². The van der Waals surface area contributed by atoms with E-state index in [2.05, 4.69) is 59.6 Å². The lowest BCUT2D eigenvalue weighted by Crippen LogP contribution is -2.37. The predicted octanol–water partition coefficient (Wildman–Crippen LogP) is 3.47. The average molecular weight is 537 g/mol. The molecule has 7 nitrogen and oxygen atoms in total. The highest BCUT2D eigenvalue weighted by Crippen LogP contribution is 2.15. The van der Waals surface area contributed by atoms with Crippen molar-refractivity contribution in [3.05, 3.63) is 47.0 Å². The van der Waals surface area contributed by atoms with Gasteiger partial charge in [-0.3, -0.25) is 9.89 Å². The number of hydrogen-bond acceptors (Lipinski definition) is 4. The molecule has 0 aliphatic carbocycles. The molecule has 2 aromatic rings. The third kappa shape index (κ3) is 6.90. The van der Waals surface area contributed by atoms with Gasteiger partial charge in [-0.1, -0.05) is 37.1 Å². The van der Waals surface area contributed by atoms with E-state index in [1.165, 1.54) is 62.7 Å². The van der Waals surface area contributed by atoms with E-state index in [1.54, 1.807) is 7.05 Å². The lowest BCUT2D eigenvalue weighted by atomic mass is 10.1. The van der Waals surface area contributed by atoms with Gasteiger partial charge in [-0.05, 0) is 49.9 Å². The van der Waals surface area contributed by atoms with Gasteiger partial charge < -0.3 is 15.2 Å². The van der Waals surface area contributed by atoms with Gasteiger partial charge in [0.25, 0.3) is 0 Å². The van der Waals surface area contributed by atoms with Crippen molar-refractivity contribution in [2.45, 2.75) is 71.1 Å². The summed E-state index contributed by atoms with van der Waals surface area (Å²) in [7, 11) is 1.81. The van der Waals surface area contributed by atoms with Gasteiger partial charge in [-0.2, -0.15) is 0 Å². The van der Waals surface area contributed by atoms with Crippen LogP contribution in [-0.4, -0.2) is 45.8 Å². The van der Waals surface area contributed by atoms with Gasteiger partial charge in [0, 0.05) is 33.1 Å². The minimum Gasteiger partial charge on any atom is -0.352 e. The van der Waals surface area contributed by atoms with Crippen molar-refractivity contribution >= 4 is 29.9 Å². The molecule has 0 spiro atoms. The Kier molecular flexibility index (Phi) is 9.57. The number of piperidine rings is 1. The molecule has 3 heterocycles. The highest BCUT2D eigenvalue weighted by atomic mass is 127. The first-order valence-electron chi connectivity index (χ1n) is 11.5. The van der Waals surface area contributed by atoms with E-state index in [4.69, 9.17) is 0 Å². The number of nitrogens with one attached hydrogen (secondary N) is 2. The Bertz CT molecular complexity index is 825. The number of fused-ring (bicyclic) bond motifs is 1. The summed E-state index contributed by atoms with van der Waals surface area (Å²) in [6.45, 7) is 5.96. The molecule has 0 bridgehead atoms. The first-order valence-corrected chi connectivity index (χ1v) is 11.5. The lowest BCUT2D eigenvalue weighted by Gasteiger charge is -2.26. The minimum atomic E-state index is 0. The van der Waals surface area contributed by atoms with E-state index < -0.39 is 0 Å². The number of aryl methyl sites for hydroxylation is 1. The summed E-state index contributed by atoms with van der Waals surface area (Å²) in [6.07, 6.45) is 8.79. The first-order chi connectivity index (χ1) is 14.8. The second kappa shape index (κ2) is 12.4. The Hall–Kier alpha value is -1.68. The molecule has 2 N–H and O–H groups in total. The quantitative estimate of drug-likeness (QED) is 0.336. The summed E-state index contributed by atoms with van der Waals surface area (Å²) >= 11 is 0. The standard InChI is InChI=1S/C23H35N7.HI/c1-24-23(26-17-22-28-27-21-8-4-2-7-15-30(21)22)25-16-19-9-11-20(12-10-19)18-29-13-5-3-6-14-29;/h9-12H,2-8,13-18H2,1H3,(H2,24,25,26);1H. The third-order valence-corrected chi connectivity index (χ3v) is 6.16. The monoisotopic (exact) mass is 537 g/mol. The molecule has 0 unspecified atom stereocenters. The number of aliphatic imine (C=N–C) groups is 1. The van der Waals surface area contributed by atoms with E-state index >= 15 is 0 Å². The van der Waals surface area contributed by atoms with Gasteiger partial charge in [-0.25, -0.2) is 0 Å². The Balaban J connectivity index is 0.00000272. The molecular weight excluding hydrogens is 501 g/mol. The lowest BCUT2D eigenvalue weighted by molar-refractivity contribution is 0.221. The summed E-state index contributed by atoms with van der Waals surface area (Å²) in [5.41, 5.74) is 2.66. The van der Waals surface area contributed by atoms with Crippen LogP contribution in [0.2, 0.25) is 0 Å². The number of benzene rings is 1. The zero-order valence-corrected chi connectivity index (χ0v) is 21.0. The van der Waals surface area contributed by atoms with E-state index in [0.29, 0.717) is 6.54 Å². The van der Waals surface area contributed by atoms with Gasteiger partial charge in [-0.15, -0.1) is 34.2 Å². The molecule has 2 aliphatic heterocycles. The van der Waals surface area contributed by atoms with Crippen molar-refractivity contribution in [1.82, 2.24) is 30.3 Å². The number of aromatic nitrogens is 3. The van der Waals surface area contributed by atoms with Crippen LogP contribution in [0, 0.1) is 0 Å². The SMILES string of the molecule is CN=C(NCc1ccc(CN2CCCCC2)cc1)NCc1nnc2n1CCCCC2.I. The van der Waals surface area contributed by atoms with Gasteiger partial charge in [0.15, 0.2) is 11.8 Å². The van der Waals surface area contributed by atoms with E-state index in [-0.39, 0.29) is 24.0 Å². The van der Waals surface area contributed by atoms with Crippen LogP contribution >= 0.6 is 24.0 Å². The zero-order chi connectivity index (χ0) is 20.6. The van der Waals surface area contributed by atoms with Crippen LogP contribution in [0.3, 0.4) is 0 Å². The topological polar surface area (TPSA) is 70.4 Å². The van der Waals surface area contributed by atoms with Crippen LogP contribution in [0.5, 0.6) is 0 Å². The van der Waals surface area contributed by atoms with Crippen molar-refractivity contribution in [3.8, 4) is 0 Å². The molecule has 1 saturated heterocycles. The Labute approximate surface area is 203 Å². The number of likely N-dealkylation sites (tertiary alicyclic amines) is 1. The van der Waals surface area contributed by atoms with Crippen LogP contribution in [0.15, 0.2) is 29.3 Å². The fourth-order valence-electron chi connectivity index (χ4n) is 4.38. The minimum absolute atomic E-state index is 0. The maximum absolute atomic E-state index is 4.39. The molecule has 1 aromatic carbocycles. The highest BCUT2D eigenvalue weighted by molar-refractivity contribution is 14.0. The van der Waals surface area contributed by atoms with Gasteiger partial charge in [0.05, 0.1) is 6.54 Å². The molecular formula is C23H36IN7.